The molecule has 1 fully saturated rings. The Morgan fingerprint density at radius 2 is 1.65 bits per heavy atom. The van der Waals surface area contributed by atoms with Crippen LogP contribution in [0.2, 0.25) is 0 Å². The predicted octanol–water partition coefficient (Wildman–Crippen LogP) is 4.39. The third-order valence-corrected chi connectivity index (χ3v) is 8.78. The lowest BCUT2D eigenvalue weighted by Gasteiger charge is -2.34. The number of piperazine rings is 1. The molecular formula is C29H35N3O4S. The Kier molecular flexibility index (Phi) is 8.63. The molecule has 196 valence electrons. The quantitative estimate of drug-likeness (QED) is 0.452. The van der Waals surface area contributed by atoms with Crippen LogP contribution in [0.25, 0.3) is 0 Å². The van der Waals surface area contributed by atoms with Crippen molar-refractivity contribution in [1.29, 1.82) is 0 Å². The van der Waals surface area contributed by atoms with E-state index in [0.717, 1.165) is 28.9 Å². The highest BCUT2D eigenvalue weighted by atomic mass is 32.2. The third-order valence-electron chi connectivity index (χ3n) is 6.87. The van der Waals surface area contributed by atoms with Crippen molar-refractivity contribution in [1.82, 2.24) is 14.5 Å². The van der Waals surface area contributed by atoms with Crippen molar-refractivity contribution in [3.63, 3.8) is 0 Å². The summed E-state index contributed by atoms with van der Waals surface area (Å²) >= 11 is 0. The summed E-state index contributed by atoms with van der Waals surface area (Å²) in [6.45, 7) is 7.00. The van der Waals surface area contributed by atoms with E-state index in [2.05, 4.69) is 23.2 Å². The van der Waals surface area contributed by atoms with Crippen LogP contribution in [0.1, 0.15) is 46.4 Å². The molecule has 1 heterocycles. The number of rotatable bonds is 9. The van der Waals surface area contributed by atoms with Crippen molar-refractivity contribution in [2.45, 2.75) is 37.8 Å². The van der Waals surface area contributed by atoms with Crippen molar-refractivity contribution in [2.75, 3.05) is 33.3 Å². The average molecular weight is 522 g/mol. The van der Waals surface area contributed by atoms with Crippen molar-refractivity contribution < 1.29 is 17.9 Å². The second-order valence-corrected chi connectivity index (χ2v) is 11.3. The molecule has 1 aliphatic rings. The van der Waals surface area contributed by atoms with E-state index in [9.17, 15) is 13.2 Å². The first-order valence-electron chi connectivity index (χ1n) is 12.6. The Hall–Kier alpha value is -3.20. The molecule has 8 heteroatoms. The highest BCUT2D eigenvalue weighted by Crippen LogP contribution is 2.25. The summed E-state index contributed by atoms with van der Waals surface area (Å²) in [5, 5.41) is 3.14. The molecular weight excluding hydrogens is 486 g/mol. The predicted molar refractivity (Wildman–Crippen MR) is 145 cm³/mol. The first-order valence-corrected chi connectivity index (χ1v) is 14.1. The summed E-state index contributed by atoms with van der Waals surface area (Å²) in [5.74, 6) is 0.728. The van der Waals surface area contributed by atoms with E-state index in [4.69, 9.17) is 4.74 Å². The number of benzene rings is 3. The van der Waals surface area contributed by atoms with Crippen molar-refractivity contribution in [3.8, 4) is 5.75 Å². The number of amides is 1. The molecule has 1 saturated heterocycles. The number of aryl methyl sites for hydroxylation is 1. The second kappa shape index (κ2) is 11.9. The van der Waals surface area contributed by atoms with Gasteiger partial charge in [0.05, 0.1) is 18.0 Å². The highest BCUT2D eigenvalue weighted by Gasteiger charge is 2.28. The summed E-state index contributed by atoms with van der Waals surface area (Å²) in [5.41, 5.74) is 3.80. The summed E-state index contributed by atoms with van der Waals surface area (Å²) in [6, 6.07) is 22.1. The molecule has 3 aromatic carbocycles. The van der Waals surface area contributed by atoms with Gasteiger partial charge in [-0.3, -0.25) is 9.69 Å². The molecule has 3 aromatic rings. The number of nitrogens with one attached hydrogen (secondary N) is 1. The highest BCUT2D eigenvalue weighted by molar-refractivity contribution is 7.89. The Balaban J connectivity index is 1.32. The van der Waals surface area contributed by atoms with Crippen molar-refractivity contribution >= 4 is 15.9 Å². The topological polar surface area (TPSA) is 79.0 Å². The van der Waals surface area contributed by atoms with Gasteiger partial charge in [0.15, 0.2) is 0 Å². The third kappa shape index (κ3) is 6.39. The van der Waals surface area contributed by atoms with Crippen LogP contribution in [0.5, 0.6) is 5.75 Å². The van der Waals surface area contributed by atoms with Gasteiger partial charge < -0.3 is 10.1 Å². The number of hydrogen-bond acceptors (Lipinski definition) is 5. The van der Waals surface area contributed by atoms with Gasteiger partial charge in [-0.2, -0.15) is 4.31 Å². The van der Waals surface area contributed by atoms with E-state index in [-0.39, 0.29) is 11.9 Å². The minimum absolute atomic E-state index is 0.0831. The van der Waals surface area contributed by atoms with Crippen molar-refractivity contribution in [2.24, 2.45) is 0 Å². The molecule has 7 nitrogen and oxygen atoms in total. The van der Waals surface area contributed by atoms with Crippen LogP contribution >= 0.6 is 0 Å². The zero-order valence-corrected chi connectivity index (χ0v) is 22.5. The molecule has 0 bridgehead atoms. The number of ether oxygens (including phenoxy) is 1. The van der Waals surface area contributed by atoms with Crippen LogP contribution in [0.4, 0.5) is 0 Å². The molecule has 0 saturated carbocycles. The van der Waals surface area contributed by atoms with E-state index >= 15 is 0 Å². The standard InChI is InChI=1S/C29H35N3O4S/c1-4-27(25-14-15-28(36-3)22(2)20-25)30-29(33)24-12-10-23(11-13-24)21-31-16-18-32(19-17-31)37(34,35)26-8-6-5-7-9-26/h5-15,20,27H,4,16-19,21H2,1-3H3,(H,30,33)/t27-/m1/s1. The van der Waals surface area contributed by atoms with Crippen LogP contribution in [-0.2, 0) is 16.6 Å². The normalized spacial score (nSPS) is 15.8. The lowest BCUT2D eigenvalue weighted by Crippen LogP contribution is -2.48. The van der Waals surface area contributed by atoms with E-state index in [1.807, 2.05) is 49.4 Å². The van der Waals surface area contributed by atoms with Gasteiger partial charge in [0.25, 0.3) is 5.91 Å². The summed E-state index contributed by atoms with van der Waals surface area (Å²) in [4.78, 5) is 15.5. The van der Waals surface area contributed by atoms with E-state index < -0.39 is 10.0 Å². The van der Waals surface area contributed by atoms with Crippen LogP contribution in [0, 0.1) is 6.92 Å². The zero-order valence-electron chi connectivity index (χ0n) is 21.7. The van der Waals surface area contributed by atoms with Crippen molar-refractivity contribution in [3.05, 3.63) is 95.1 Å². The lowest BCUT2D eigenvalue weighted by atomic mass is 10.0. The smallest absolute Gasteiger partial charge is 0.251 e. The van der Waals surface area contributed by atoms with Gasteiger partial charge in [0.2, 0.25) is 10.0 Å². The number of hydrogen-bond donors (Lipinski definition) is 1. The Morgan fingerprint density at radius 1 is 0.973 bits per heavy atom. The van der Waals surface area contributed by atoms with Crippen LogP contribution in [-0.4, -0.2) is 56.8 Å². The van der Waals surface area contributed by atoms with Crippen LogP contribution < -0.4 is 10.1 Å². The summed E-state index contributed by atoms with van der Waals surface area (Å²) in [7, 11) is -1.80. The maximum atomic E-state index is 12.9. The van der Waals surface area contributed by atoms with Gasteiger partial charge in [-0.15, -0.1) is 0 Å². The molecule has 1 amide bonds. The van der Waals surface area contributed by atoms with Gasteiger partial charge in [-0.1, -0.05) is 49.4 Å². The molecule has 1 N–H and O–H groups in total. The number of nitrogens with zero attached hydrogens (tertiary/aromatic N) is 2. The Morgan fingerprint density at radius 3 is 2.24 bits per heavy atom. The fourth-order valence-corrected chi connectivity index (χ4v) is 6.11. The molecule has 0 aliphatic carbocycles. The molecule has 1 aliphatic heterocycles. The monoisotopic (exact) mass is 521 g/mol. The number of carbonyl (C=O) groups is 1. The van der Waals surface area contributed by atoms with Crippen LogP contribution in [0.3, 0.4) is 0 Å². The molecule has 0 unspecified atom stereocenters. The van der Waals surface area contributed by atoms with Crippen LogP contribution in [0.15, 0.2) is 77.7 Å². The zero-order chi connectivity index (χ0) is 26.4. The van der Waals surface area contributed by atoms with Gasteiger partial charge >= 0.3 is 0 Å². The average Bonchev–Trinajstić information content (AvgIpc) is 2.92. The fourth-order valence-electron chi connectivity index (χ4n) is 4.67. The Labute approximate surface area is 220 Å². The number of sulfonamides is 1. The van der Waals surface area contributed by atoms with Gasteiger partial charge in [0, 0.05) is 38.3 Å². The largest absolute Gasteiger partial charge is 0.496 e. The van der Waals surface area contributed by atoms with E-state index in [1.54, 1.807) is 35.7 Å². The summed E-state index contributed by atoms with van der Waals surface area (Å²) < 4.78 is 32.6. The minimum Gasteiger partial charge on any atom is -0.496 e. The first kappa shape index (κ1) is 26.9. The fraction of sp³-hybridized carbons (Fsp3) is 0.345. The number of methoxy groups -OCH3 is 1. The maximum Gasteiger partial charge on any atom is 0.251 e. The molecule has 4 rings (SSSR count). The lowest BCUT2D eigenvalue weighted by molar-refractivity contribution is 0.0935. The van der Waals surface area contributed by atoms with Gasteiger partial charge in [-0.25, -0.2) is 8.42 Å². The first-order chi connectivity index (χ1) is 17.8. The minimum atomic E-state index is -3.46. The van der Waals surface area contributed by atoms with Gasteiger partial charge in [0.1, 0.15) is 5.75 Å². The molecule has 0 radical (unpaired) electrons. The van der Waals surface area contributed by atoms with E-state index in [0.29, 0.717) is 43.2 Å². The maximum absolute atomic E-state index is 12.9. The molecule has 0 spiro atoms. The molecule has 37 heavy (non-hydrogen) atoms. The van der Waals surface area contributed by atoms with Gasteiger partial charge in [-0.05, 0) is 60.4 Å². The second-order valence-electron chi connectivity index (χ2n) is 9.35. The Bertz CT molecular complexity index is 1300. The SMILES string of the molecule is CC[C@@H](NC(=O)c1ccc(CN2CCN(S(=O)(=O)c3ccccc3)CC2)cc1)c1ccc(OC)c(C)c1. The number of carbonyl (C=O) groups excluding carboxylic acids is 1. The summed E-state index contributed by atoms with van der Waals surface area (Å²) in [6.07, 6.45) is 0.779. The molecule has 1 atom stereocenters. The van der Waals surface area contributed by atoms with E-state index in [1.165, 1.54) is 0 Å². The molecule has 0 aromatic heterocycles.